The second-order valence-electron chi connectivity index (χ2n) is 7.70. The van der Waals surface area contributed by atoms with E-state index >= 15 is 0 Å². The molecule has 2 N–H and O–H groups in total. The fraction of sp³-hybridized carbons (Fsp3) is 0.741. The van der Waals surface area contributed by atoms with Crippen molar-refractivity contribution in [3.8, 4) is 0 Å². The van der Waals surface area contributed by atoms with Gasteiger partial charge in [0.1, 0.15) is 6.34 Å². The summed E-state index contributed by atoms with van der Waals surface area (Å²) in [6.45, 7) is 24.9. The van der Waals surface area contributed by atoms with Crippen LogP contribution < -0.4 is 5.48 Å². The maximum atomic E-state index is 8.47. The summed E-state index contributed by atoms with van der Waals surface area (Å²) in [7, 11) is 0. The Kier molecular flexibility index (Phi) is 27.5. The summed E-state index contributed by atoms with van der Waals surface area (Å²) in [5, 5.41) is 8.47. The normalized spacial score (nSPS) is 12.9. The Morgan fingerprint density at radius 1 is 0.935 bits per heavy atom. The number of benzene rings is 1. The number of unbranched alkanes of at least 4 members (excludes halogenated alkanes) is 1. The van der Waals surface area contributed by atoms with Gasteiger partial charge in [-0.25, -0.2) is 4.99 Å². The molecule has 1 saturated heterocycles. The molecule has 1 fully saturated rings. The Balaban J connectivity index is -0.000000676. The number of nitrogens with one attached hydrogen (secondary N) is 1. The molecule has 0 radical (unpaired) electrons. The molecule has 4 heteroatoms. The van der Waals surface area contributed by atoms with Crippen molar-refractivity contribution in [3.05, 3.63) is 29.8 Å². The van der Waals surface area contributed by atoms with Crippen LogP contribution in [0.1, 0.15) is 107 Å². The largest absolute Gasteiger partial charge is 0.303 e. The molecule has 1 aliphatic rings. The van der Waals surface area contributed by atoms with Crippen molar-refractivity contribution in [1.29, 1.82) is 0 Å². The number of hydrogen-bond acceptors (Lipinski definition) is 3. The van der Waals surface area contributed by atoms with Crippen LogP contribution in [0, 0.1) is 5.41 Å². The second kappa shape index (κ2) is 24.9. The molecule has 0 amide bonds. The molecule has 1 heterocycles. The quantitative estimate of drug-likeness (QED) is 0.244. The van der Waals surface area contributed by atoms with Gasteiger partial charge in [0.05, 0.1) is 5.69 Å². The van der Waals surface area contributed by atoms with E-state index < -0.39 is 0 Å². The van der Waals surface area contributed by atoms with Gasteiger partial charge in [0.25, 0.3) is 0 Å². The SMILES string of the molecule is CC.CC.CC.CC(C)(CCc1ccc(N=CNO)cc1)CN1CCCC1.CCCC. The minimum absolute atomic E-state index is 0.363. The number of nitrogens with zero attached hydrogens (tertiary/aromatic N) is 2. The summed E-state index contributed by atoms with van der Waals surface area (Å²) in [6.07, 6.45) is 8.93. The highest BCUT2D eigenvalue weighted by molar-refractivity contribution is 5.59. The average molecular weight is 438 g/mol. The van der Waals surface area contributed by atoms with Gasteiger partial charge < -0.3 is 4.90 Å². The van der Waals surface area contributed by atoms with E-state index in [1.807, 2.05) is 59.2 Å². The zero-order valence-electron chi connectivity index (χ0n) is 22.6. The molecule has 0 spiro atoms. The Morgan fingerprint density at radius 3 is 1.84 bits per heavy atom. The van der Waals surface area contributed by atoms with Crippen molar-refractivity contribution in [3.63, 3.8) is 0 Å². The molecule has 1 aromatic carbocycles. The van der Waals surface area contributed by atoms with Crippen LogP contribution in [-0.2, 0) is 6.42 Å². The van der Waals surface area contributed by atoms with Gasteiger partial charge in [-0.15, -0.1) is 0 Å². The summed E-state index contributed by atoms with van der Waals surface area (Å²) in [5.74, 6) is 0. The molecule has 0 saturated carbocycles. The fourth-order valence-corrected chi connectivity index (χ4v) is 2.96. The van der Waals surface area contributed by atoms with Crippen molar-refractivity contribution >= 4 is 12.0 Å². The highest BCUT2D eigenvalue weighted by Gasteiger charge is 2.23. The molecule has 184 valence electrons. The van der Waals surface area contributed by atoms with Gasteiger partial charge in [-0.3, -0.25) is 10.7 Å². The van der Waals surface area contributed by atoms with Crippen LogP contribution in [0.15, 0.2) is 29.3 Å². The fourth-order valence-electron chi connectivity index (χ4n) is 2.96. The first-order valence-corrected chi connectivity index (χ1v) is 12.7. The zero-order chi connectivity index (χ0) is 24.5. The van der Waals surface area contributed by atoms with E-state index in [1.165, 1.54) is 63.6 Å². The number of aliphatic imine (C=N–C) groups is 1. The van der Waals surface area contributed by atoms with Gasteiger partial charge in [-0.05, 0) is 61.9 Å². The van der Waals surface area contributed by atoms with Crippen LogP contribution in [0.4, 0.5) is 5.69 Å². The van der Waals surface area contributed by atoms with Crippen molar-refractivity contribution in [2.75, 3.05) is 19.6 Å². The number of hydrogen-bond donors (Lipinski definition) is 2. The summed E-state index contributed by atoms with van der Waals surface area (Å²) >= 11 is 0. The monoisotopic (exact) mass is 437 g/mol. The molecule has 1 aromatic rings. The number of likely N-dealkylation sites (tertiary alicyclic amines) is 1. The Labute approximate surface area is 195 Å². The van der Waals surface area contributed by atoms with Crippen molar-refractivity contribution < 1.29 is 5.21 Å². The topological polar surface area (TPSA) is 47.9 Å². The maximum absolute atomic E-state index is 8.47. The molecule has 0 unspecified atom stereocenters. The van der Waals surface area contributed by atoms with Gasteiger partial charge in [-0.2, -0.15) is 0 Å². The predicted octanol–water partition coefficient (Wildman–Crippen LogP) is 8.26. The van der Waals surface area contributed by atoms with Gasteiger partial charge in [-0.1, -0.05) is 94.2 Å². The summed E-state index contributed by atoms with van der Waals surface area (Å²) < 4.78 is 0. The zero-order valence-corrected chi connectivity index (χ0v) is 22.6. The second-order valence-corrected chi connectivity index (χ2v) is 7.70. The van der Waals surface area contributed by atoms with E-state index in [9.17, 15) is 0 Å². The minimum atomic E-state index is 0.363. The Bertz CT molecular complexity index is 476. The van der Waals surface area contributed by atoms with Gasteiger partial charge >= 0.3 is 0 Å². The molecule has 31 heavy (non-hydrogen) atoms. The third-order valence-electron chi connectivity index (χ3n) is 4.65. The molecule has 0 aliphatic carbocycles. The van der Waals surface area contributed by atoms with E-state index in [4.69, 9.17) is 5.21 Å². The lowest BCUT2D eigenvalue weighted by Crippen LogP contribution is -2.32. The first-order chi connectivity index (χ1) is 15.0. The first kappa shape index (κ1) is 34.2. The standard InChI is InChI=1S/C17H27N3O.C4H10.3C2H6/c1-17(2,13-20-11-3-4-12-20)10-9-15-5-7-16(8-6-15)18-14-19-21;1-3-4-2;3*1-2/h5-8,14,21H,3-4,9-13H2,1-2H3,(H,18,19);3-4H2,1-2H3;3*1-2H3. The third kappa shape index (κ3) is 20.3. The van der Waals surface area contributed by atoms with Gasteiger partial charge in [0.2, 0.25) is 0 Å². The third-order valence-corrected chi connectivity index (χ3v) is 4.65. The number of aryl methyl sites for hydroxylation is 1. The molecule has 2 rings (SSSR count). The van der Waals surface area contributed by atoms with E-state index in [2.05, 4.69) is 49.7 Å². The Hall–Kier alpha value is -1.39. The van der Waals surface area contributed by atoms with Crippen LogP contribution in [0.5, 0.6) is 0 Å². The smallest absolute Gasteiger partial charge is 0.113 e. The van der Waals surface area contributed by atoms with E-state index in [1.54, 1.807) is 0 Å². The molecule has 1 aliphatic heterocycles. The lowest BCUT2D eigenvalue weighted by atomic mass is 9.85. The lowest BCUT2D eigenvalue weighted by molar-refractivity contribution is 0.198. The molecular formula is C27H55N3O. The van der Waals surface area contributed by atoms with Crippen molar-refractivity contribution in [2.24, 2.45) is 10.4 Å². The van der Waals surface area contributed by atoms with Crippen LogP contribution in [0.3, 0.4) is 0 Å². The summed E-state index contributed by atoms with van der Waals surface area (Å²) in [4.78, 5) is 6.65. The highest BCUT2D eigenvalue weighted by Crippen LogP contribution is 2.26. The number of rotatable bonds is 8. The van der Waals surface area contributed by atoms with Crippen LogP contribution >= 0.6 is 0 Å². The molecular weight excluding hydrogens is 382 g/mol. The Morgan fingerprint density at radius 2 is 1.42 bits per heavy atom. The van der Waals surface area contributed by atoms with Gasteiger partial charge in [0.15, 0.2) is 0 Å². The summed E-state index contributed by atoms with van der Waals surface area (Å²) in [5.41, 5.74) is 4.47. The summed E-state index contributed by atoms with van der Waals surface area (Å²) in [6, 6.07) is 8.21. The minimum Gasteiger partial charge on any atom is -0.303 e. The predicted molar refractivity (Wildman–Crippen MR) is 142 cm³/mol. The highest BCUT2D eigenvalue weighted by atomic mass is 16.5. The molecule has 0 bridgehead atoms. The van der Waals surface area contributed by atoms with Crippen LogP contribution in [0.25, 0.3) is 0 Å². The lowest BCUT2D eigenvalue weighted by Gasteiger charge is -2.30. The van der Waals surface area contributed by atoms with Crippen LogP contribution in [-0.4, -0.2) is 36.1 Å². The van der Waals surface area contributed by atoms with Crippen molar-refractivity contribution in [2.45, 2.75) is 108 Å². The molecule has 0 atom stereocenters. The number of hydroxylamine groups is 1. The van der Waals surface area contributed by atoms with Crippen molar-refractivity contribution in [1.82, 2.24) is 10.4 Å². The van der Waals surface area contributed by atoms with Gasteiger partial charge in [0, 0.05) is 6.54 Å². The maximum Gasteiger partial charge on any atom is 0.113 e. The van der Waals surface area contributed by atoms with E-state index in [0.717, 1.165) is 12.1 Å². The van der Waals surface area contributed by atoms with E-state index in [0.29, 0.717) is 5.41 Å². The average Bonchev–Trinajstić information content (AvgIpc) is 3.33. The van der Waals surface area contributed by atoms with Crippen LogP contribution in [0.2, 0.25) is 0 Å². The molecule has 4 nitrogen and oxygen atoms in total. The first-order valence-electron chi connectivity index (χ1n) is 12.7. The molecule has 0 aromatic heterocycles. The van der Waals surface area contributed by atoms with E-state index in [-0.39, 0.29) is 0 Å².